The number of alkyl halides is 6. The van der Waals surface area contributed by atoms with Gasteiger partial charge in [-0.25, -0.2) is 0 Å². The highest BCUT2D eigenvalue weighted by Crippen LogP contribution is 2.49. The average molecular weight is 556 g/mol. The van der Waals surface area contributed by atoms with Crippen molar-refractivity contribution in [2.75, 3.05) is 25.1 Å². The molecule has 10 heteroatoms. The van der Waals surface area contributed by atoms with E-state index in [0.717, 1.165) is 30.4 Å². The number of hydrogen-bond acceptors (Lipinski definition) is 4. The molecule has 2 aromatic rings. The SMILES string of the molecule is COC(=O)[C@H](C)[C@H](c1ccc2c(c1)OC1(CC2)CCN(c2cc(C(F)(F)F)ccc2C(F)(F)F)CC1)C1CC1. The Kier molecular flexibility index (Phi) is 7.04. The van der Waals surface area contributed by atoms with E-state index in [0.29, 0.717) is 49.1 Å². The van der Waals surface area contributed by atoms with E-state index in [4.69, 9.17) is 9.47 Å². The molecule has 2 aromatic carbocycles. The summed E-state index contributed by atoms with van der Waals surface area (Å²) in [5, 5.41) is 0. The van der Waals surface area contributed by atoms with E-state index in [-0.39, 0.29) is 30.9 Å². The molecule has 1 spiro atoms. The molecule has 5 rings (SSSR count). The monoisotopic (exact) mass is 555 g/mol. The Morgan fingerprint density at radius 3 is 2.28 bits per heavy atom. The van der Waals surface area contributed by atoms with Crippen LogP contribution in [0.3, 0.4) is 0 Å². The van der Waals surface area contributed by atoms with Gasteiger partial charge in [0.15, 0.2) is 0 Å². The fraction of sp³-hybridized carbons (Fsp3) is 0.552. The summed E-state index contributed by atoms with van der Waals surface area (Å²) in [6.45, 7) is 2.16. The van der Waals surface area contributed by atoms with Gasteiger partial charge in [0, 0.05) is 31.6 Å². The summed E-state index contributed by atoms with van der Waals surface area (Å²) in [6, 6.07) is 7.64. The van der Waals surface area contributed by atoms with Gasteiger partial charge in [-0.3, -0.25) is 4.79 Å². The number of carbonyl (C=O) groups is 1. The van der Waals surface area contributed by atoms with Crippen LogP contribution in [0.2, 0.25) is 0 Å². The quantitative estimate of drug-likeness (QED) is 0.285. The van der Waals surface area contributed by atoms with Crippen LogP contribution < -0.4 is 9.64 Å². The van der Waals surface area contributed by atoms with Gasteiger partial charge in [-0.15, -0.1) is 0 Å². The van der Waals surface area contributed by atoms with E-state index in [1.807, 2.05) is 25.1 Å². The molecule has 2 fully saturated rings. The highest BCUT2D eigenvalue weighted by molar-refractivity contribution is 5.73. The van der Waals surface area contributed by atoms with Crippen LogP contribution in [0.1, 0.15) is 67.2 Å². The van der Waals surface area contributed by atoms with Crippen LogP contribution in [0, 0.1) is 11.8 Å². The lowest BCUT2D eigenvalue weighted by Crippen LogP contribution is -2.50. The summed E-state index contributed by atoms with van der Waals surface area (Å²) in [6.07, 6.45) is -5.26. The van der Waals surface area contributed by atoms with Crippen molar-refractivity contribution in [3.63, 3.8) is 0 Å². The van der Waals surface area contributed by atoms with Crippen LogP contribution >= 0.6 is 0 Å². The van der Waals surface area contributed by atoms with Crippen LogP contribution in [0.5, 0.6) is 5.75 Å². The summed E-state index contributed by atoms with van der Waals surface area (Å²) in [5.74, 6) is 0.546. The van der Waals surface area contributed by atoms with E-state index in [9.17, 15) is 31.1 Å². The first-order chi connectivity index (χ1) is 18.3. The first-order valence-electron chi connectivity index (χ1n) is 13.2. The number of nitrogens with zero attached hydrogens (tertiary/aromatic N) is 1. The largest absolute Gasteiger partial charge is 0.487 e. The lowest BCUT2D eigenvalue weighted by atomic mass is 9.80. The van der Waals surface area contributed by atoms with Gasteiger partial charge in [-0.1, -0.05) is 19.1 Å². The zero-order chi connectivity index (χ0) is 28.2. The third-order valence-electron chi connectivity index (χ3n) is 8.54. The zero-order valence-electron chi connectivity index (χ0n) is 21.8. The number of carbonyl (C=O) groups excluding carboxylic acids is 1. The molecule has 39 heavy (non-hydrogen) atoms. The van der Waals surface area contributed by atoms with Crippen molar-refractivity contribution in [1.82, 2.24) is 0 Å². The molecular weight excluding hydrogens is 524 g/mol. The Bertz CT molecular complexity index is 1230. The summed E-state index contributed by atoms with van der Waals surface area (Å²) >= 11 is 0. The minimum atomic E-state index is -4.77. The maximum absolute atomic E-state index is 13.7. The summed E-state index contributed by atoms with van der Waals surface area (Å²) in [5.41, 5.74) is -1.20. The lowest BCUT2D eigenvalue weighted by Gasteiger charge is -2.46. The molecule has 0 radical (unpaired) electrons. The first kappa shape index (κ1) is 27.6. The fourth-order valence-corrected chi connectivity index (χ4v) is 6.20. The van der Waals surface area contributed by atoms with Gasteiger partial charge < -0.3 is 14.4 Å². The molecule has 2 aliphatic heterocycles. The van der Waals surface area contributed by atoms with E-state index >= 15 is 0 Å². The first-order valence-corrected chi connectivity index (χ1v) is 13.2. The fourth-order valence-electron chi connectivity index (χ4n) is 6.20. The number of hydrogen-bond donors (Lipinski definition) is 0. The number of benzene rings is 2. The maximum Gasteiger partial charge on any atom is 0.418 e. The van der Waals surface area contributed by atoms with Crippen molar-refractivity contribution in [3.05, 3.63) is 58.7 Å². The van der Waals surface area contributed by atoms with Crippen molar-refractivity contribution in [2.24, 2.45) is 11.8 Å². The van der Waals surface area contributed by atoms with Crippen LogP contribution in [-0.2, 0) is 28.3 Å². The standard InChI is InChI=1S/C29H31F6NO3/c1-17(26(37)38-2)25(19-4-5-19)20-6-3-18-9-10-27(39-24(18)15-20)11-13-36(14-12-27)23-16-21(28(30,31)32)7-8-22(23)29(33,34)35/h3,6-8,15-17,19,25H,4-5,9-14H2,1-2H3/t17-,25+/m1/s1. The zero-order valence-corrected chi connectivity index (χ0v) is 21.8. The van der Waals surface area contributed by atoms with E-state index < -0.39 is 34.8 Å². The molecule has 1 aliphatic carbocycles. The number of halogens is 6. The predicted molar refractivity (Wildman–Crippen MR) is 133 cm³/mol. The summed E-state index contributed by atoms with van der Waals surface area (Å²) in [4.78, 5) is 13.7. The lowest BCUT2D eigenvalue weighted by molar-refractivity contribution is -0.146. The Morgan fingerprint density at radius 2 is 1.69 bits per heavy atom. The normalized spacial score (nSPS) is 20.7. The molecule has 1 saturated carbocycles. The van der Waals surface area contributed by atoms with Gasteiger partial charge in [0.05, 0.1) is 24.2 Å². The van der Waals surface area contributed by atoms with E-state index in [1.165, 1.54) is 12.0 Å². The molecule has 1 saturated heterocycles. The van der Waals surface area contributed by atoms with Crippen LogP contribution in [0.4, 0.5) is 32.0 Å². The van der Waals surface area contributed by atoms with Gasteiger partial charge >= 0.3 is 18.3 Å². The molecule has 0 bridgehead atoms. The Hall–Kier alpha value is -2.91. The van der Waals surface area contributed by atoms with Crippen molar-refractivity contribution in [1.29, 1.82) is 0 Å². The Morgan fingerprint density at radius 1 is 1.00 bits per heavy atom. The number of fused-ring (bicyclic) bond motifs is 1. The number of rotatable bonds is 5. The number of esters is 1. The molecule has 2 atom stereocenters. The number of aryl methyl sites for hydroxylation is 1. The van der Waals surface area contributed by atoms with Crippen LogP contribution in [-0.4, -0.2) is 31.8 Å². The molecular formula is C29H31F6NO3. The van der Waals surface area contributed by atoms with Crippen molar-refractivity contribution in [3.8, 4) is 5.75 Å². The summed E-state index contributed by atoms with van der Waals surface area (Å²) < 4.78 is 92.5. The molecule has 0 aromatic heterocycles. The third kappa shape index (κ3) is 5.57. The van der Waals surface area contributed by atoms with Crippen molar-refractivity contribution >= 4 is 11.7 Å². The molecule has 2 heterocycles. The Labute approximate surface area is 223 Å². The second kappa shape index (κ2) is 9.93. The van der Waals surface area contributed by atoms with Gasteiger partial charge in [0.25, 0.3) is 0 Å². The van der Waals surface area contributed by atoms with E-state index in [2.05, 4.69) is 0 Å². The topological polar surface area (TPSA) is 38.8 Å². The second-order valence-electron chi connectivity index (χ2n) is 11.0. The molecule has 4 nitrogen and oxygen atoms in total. The van der Waals surface area contributed by atoms with Crippen molar-refractivity contribution < 1.29 is 40.6 Å². The number of piperidine rings is 1. The summed E-state index contributed by atoms with van der Waals surface area (Å²) in [7, 11) is 1.38. The molecule has 0 unspecified atom stereocenters. The Balaban J connectivity index is 1.36. The number of ether oxygens (including phenoxy) is 2. The highest BCUT2D eigenvalue weighted by Gasteiger charge is 2.44. The number of anilines is 1. The third-order valence-corrected chi connectivity index (χ3v) is 8.54. The van der Waals surface area contributed by atoms with Crippen LogP contribution in [0.15, 0.2) is 36.4 Å². The predicted octanol–water partition coefficient (Wildman–Crippen LogP) is 7.39. The van der Waals surface area contributed by atoms with Crippen LogP contribution in [0.25, 0.3) is 0 Å². The maximum atomic E-state index is 13.7. The van der Waals surface area contributed by atoms with Gasteiger partial charge in [-0.05, 0) is 72.9 Å². The molecule has 3 aliphatic rings. The molecule has 0 N–H and O–H groups in total. The molecule has 212 valence electrons. The smallest absolute Gasteiger partial charge is 0.418 e. The minimum Gasteiger partial charge on any atom is -0.487 e. The van der Waals surface area contributed by atoms with Gasteiger partial charge in [0.2, 0.25) is 0 Å². The van der Waals surface area contributed by atoms with Gasteiger partial charge in [-0.2, -0.15) is 26.3 Å². The average Bonchev–Trinajstić information content (AvgIpc) is 3.72. The minimum absolute atomic E-state index is 0.00720. The number of methoxy groups -OCH3 is 1. The van der Waals surface area contributed by atoms with Gasteiger partial charge in [0.1, 0.15) is 11.4 Å². The second-order valence-corrected chi connectivity index (χ2v) is 11.0. The highest BCUT2D eigenvalue weighted by atomic mass is 19.4. The van der Waals surface area contributed by atoms with Crippen molar-refractivity contribution in [2.45, 2.75) is 69.3 Å². The van der Waals surface area contributed by atoms with E-state index in [1.54, 1.807) is 0 Å². The molecule has 0 amide bonds.